The Balaban J connectivity index is 0.00000324. The molecule has 0 aliphatic heterocycles. The molecule has 0 radical (unpaired) electrons. The van der Waals surface area contributed by atoms with E-state index >= 15 is 0 Å². The second-order valence-electron chi connectivity index (χ2n) is 10.3. The SMILES string of the molecule is [2H]C([2H])([2H])[n+]1[c-]n(-c2[c-]c(Oc3[c-]c4c(cc3)c3ccccc3n4-c3cc4c(cn3)oc3ccccc34)ccc2)c2ccccc21.[Pt]. The summed E-state index contributed by atoms with van der Waals surface area (Å²) in [5, 5.41) is 4.11. The van der Waals surface area contributed by atoms with Crippen LogP contribution in [0.2, 0.25) is 0 Å². The van der Waals surface area contributed by atoms with Crippen molar-refractivity contribution in [3.63, 3.8) is 0 Å². The fraction of sp³-hybridized carbons (Fsp3) is 0.0270. The molecule has 5 aromatic carbocycles. The maximum absolute atomic E-state index is 7.98. The van der Waals surface area contributed by atoms with Gasteiger partial charge in [-0.15, -0.1) is 29.7 Å². The topological polar surface area (TPSA) is 49.0 Å². The number of imidazole rings is 1. The van der Waals surface area contributed by atoms with Crippen molar-refractivity contribution in [2.24, 2.45) is 6.98 Å². The molecule has 0 fully saturated rings. The second-order valence-corrected chi connectivity index (χ2v) is 10.3. The van der Waals surface area contributed by atoms with Gasteiger partial charge in [0.15, 0.2) is 5.58 Å². The molecule has 0 spiro atoms. The molecule has 0 unspecified atom stereocenters. The molecule has 4 heterocycles. The molecular formula is C37H22N4O2Pt-2. The molecule has 214 valence electrons. The molecule has 0 N–H and O–H groups in total. The summed E-state index contributed by atoms with van der Waals surface area (Å²) in [6, 6.07) is 41.7. The number of aromatic nitrogens is 4. The van der Waals surface area contributed by atoms with E-state index in [2.05, 4.69) is 47.3 Å². The van der Waals surface area contributed by atoms with E-state index < -0.39 is 6.98 Å². The molecule has 6 nitrogen and oxygen atoms in total. The van der Waals surface area contributed by atoms with Crippen molar-refractivity contribution in [3.8, 4) is 23.0 Å². The van der Waals surface area contributed by atoms with Gasteiger partial charge in [0.1, 0.15) is 11.4 Å². The predicted molar refractivity (Wildman–Crippen MR) is 167 cm³/mol. The number of para-hydroxylation sites is 4. The Hall–Kier alpha value is -5.19. The molecule has 9 aromatic rings. The van der Waals surface area contributed by atoms with Crippen LogP contribution in [0.5, 0.6) is 11.5 Å². The van der Waals surface area contributed by atoms with Gasteiger partial charge in [0.05, 0.1) is 28.3 Å². The Bertz CT molecular complexity index is 2640. The molecule has 0 aliphatic carbocycles. The van der Waals surface area contributed by atoms with Gasteiger partial charge in [-0.2, -0.15) is 18.2 Å². The first-order chi connectivity index (χ1) is 22.4. The normalized spacial score (nSPS) is 12.9. The van der Waals surface area contributed by atoms with E-state index in [-0.39, 0.29) is 21.1 Å². The molecule has 0 saturated heterocycles. The average molecular weight is 753 g/mol. The summed E-state index contributed by atoms with van der Waals surface area (Å²) >= 11 is 0. The third kappa shape index (κ3) is 4.06. The zero-order chi connectivity index (χ0) is 31.0. The van der Waals surface area contributed by atoms with Crippen LogP contribution in [0.25, 0.3) is 66.3 Å². The van der Waals surface area contributed by atoms with E-state index in [1.165, 1.54) is 4.57 Å². The van der Waals surface area contributed by atoms with Gasteiger partial charge in [-0.05, 0) is 23.6 Å². The van der Waals surface area contributed by atoms with E-state index in [9.17, 15) is 0 Å². The Morgan fingerprint density at radius 2 is 1.55 bits per heavy atom. The summed E-state index contributed by atoms with van der Waals surface area (Å²) in [6.07, 6.45) is 4.75. The molecule has 0 saturated carbocycles. The largest absolute Gasteiger partial charge is 0.510 e. The summed E-state index contributed by atoms with van der Waals surface area (Å²) in [5.74, 6) is 1.69. The minimum atomic E-state index is -2.38. The Labute approximate surface area is 270 Å². The standard InChI is InChI=1S/C37H22N4O2.Pt/c1-39-23-40(33-15-6-5-14-32(33)39)24-9-8-10-25(19-24)42-26-17-18-28-27-11-2-4-13-31(27)41(34(28)20-26)37-21-30-29-12-3-7-16-35(29)43-36(30)22-38-37;/h2-18,21-22H,1H3;/q-2;/i1D3;. The van der Waals surface area contributed by atoms with E-state index in [0.29, 0.717) is 28.2 Å². The summed E-state index contributed by atoms with van der Waals surface area (Å²) in [7, 11) is 0. The van der Waals surface area contributed by atoms with Crippen molar-refractivity contribution in [2.75, 3.05) is 0 Å². The van der Waals surface area contributed by atoms with Crippen molar-refractivity contribution in [1.29, 1.82) is 0 Å². The van der Waals surface area contributed by atoms with Crippen molar-refractivity contribution in [3.05, 3.63) is 134 Å². The number of aryl methyl sites for hydroxylation is 1. The van der Waals surface area contributed by atoms with Crippen molar-refractivity contribution >= 4 is 54.8 Å². The van der Waals surface area contributed by atoms with Gasteiger partial charge in [-0.1, -0.05) is 71.9 Å². The second kappa shape index (κ2) is 10.2. The fourth-order valence-corrected chi connectivity index (χ4v) is 5.89. The molecular weight excluding hydrogens is 728 g/mol. The zero-order valence-corrected chi connectivity index (χ0v) is 25.2. The first-order valence-corrected chi connectivity index (χ1v) is 13.8. The molecule has 0 bridgehead atoms. The third-order valence-electron chi connectivity index (χ3n) is 7.81. The van der Waals surface area contributed by atoms with Crippen LogP contribution in [0.15, 0.2) is 120 Å². The fourth-order valence-electron chi connectivity index (χ4n) is 5.89. The molecule has 0 aliphatic rings. The van der Waals surface area contributed by atoms with Crippen LogP contribution in [0.4, 0.5) is 0 Å². The first kappa shape index (κ1) is 23.3. The Kier molecular flexibility index (Phi) is 5.41. The zero-order valence-electron chi connectivity index (χ0n) is 25.9. The first-order valence-electron chi connectivity index (χ1n) is 15.3. The van der Waals surface area contributed by atoms with E-state index in [1.807, 2.05) is 72.8 Å². The maximum atomic E-state index is 7.98. The monoisotopic (exact) mass is 752 g/mol. The predicted octanol–water partition coefficient (Wildman–Crippen LogP) is 8.04. The van der Waals surface area contributed by atoms with Gasteiger partial charge in [0, 0.05) is 48.9 Å². The molecule has 7 heteroatoms. The quantitative estimate of drug-likeness (QED) is 0.135. The van der Waals surface area contributed by atoms with Gasteiger partial charge < -0.3 is 22.9 Å². The van der Waals surface area contributed by atoms with Crippen LogP contribution in [0.3, 0.4) is 0 Å². The molecule has 44 heavy (non-hydrogen) atoms. The average Bonchev–Trinajstić information content (AvgIpc) is 3.74. The Morgan fingerprint density at radius 1 is 0.750 bits per heavy atom. The smallest absolute Gasteiger partial charge is 0.242 e. The van der Waals surface area contributed by atoms with E-state index in [1.54, 1.807) is 22.9 Å². The van der Waals surface area contributed by atoms with Gasteiger partial charge in [-0.3, -0.25) is 0 Å². The van der Waals surface area contributed by atoms with Crippen molar-refractivity contribution < 1.29 is 38.9 Å². The minimum absolute atomic E-state index is 0. The van der Waals surface area contributed by atoms with Crippen LogP contribution in [-0.4, -0.2) is 14.1 Å². The number of benzene rings is 5. The number of fused-ring (bicyclic) bond motifs is 7. The summed E-state index contributed by atoms with van der Waals surface area (Å²) < 4.78 is 41.2. The van der Waals surface area contributed by atoms with Gasteiger partial charge in [-0.25, -0.2) is 4.98 Å². The van der Waals surface area contributed by atoms with Gasteiger partial charge in [0.2, 0.25) is 6.33 Å². The van der Waals surface area contributed by atoms with Crippen LogP contribution in [-0.2, 0) is 28.0 Å². The third-order valence-corrected chi connectivity index (χ3v) is 7.81. The van der Waals surface area contributed by atoms with Crippen molar-refractivity contribution in [2.45, 2.75) is 0 Å². The number of hydrogen-bond acceptors (Lipinski definition) is 3. The van der Waals surface area contributed by atoms with Crippen LogP contribution in [0, 0.1) is 18.5 Å². The number of hydrogen-bond donors (Lipinski definition) is 0. The van der Waals surface area contributed by atoms with Crippen LogP contribution in [0.1, 0.15) is 4.11 Å². The maximum Gasteiger partial charge on any atom is 0.242 e. The number of ether oxygens (including phenoxy) is 1. The van der Waals surface area contributed by atoms with Gasteiger partial charge in [0.25, 0.3) is 0 Å². The summed E-state index contributed by atoms with van der Waals surface area (Å²) in [4.78, 5) is 4.80. The number of rotatable bonds is 4. The molecule has 4 aromatic heterocycles. The summed E-state index contributed by atoms with van der Waals surface area (Å²) in [6.45, 7) is -2.38. The van der Waals surface area contributed by atoms with Crippen LogP contribution >= 0.6 is 0 Å². The Morgan fingerprint density at radius 3 is 2.45 bits per heavy atom. The summed E-state index contributed by atoms with van der Waals surface area (Å²) in [5.41, 5.74) is 5.19. The molecule has 0 atom stereocenters. The van der Waals surface area contributed by atoms with Crippen molar-refractivity contribution in [1.82, 2.24) is 14.1 Å². The van der Waals surface area contributed by atoms with E-state index in [4.69, 9.17) is 18.3 Å². The van der Waals surface area contributed by atoms with Gasteiger partial charge >= 0.3 is 0 Å². The van der Waals surface area contributed by atoms with Crippen LogP contribution < -0.4 is 9.30 Å². The number of pyridine rings is 1. The van der Waals surface area contributed by atoms with E-state index in [0.717, 1.165) is 49.6 Å². The number of furan rings is 1. The minimum Gasteiger partial charge on any atom is -0.510 e. The molecule has 0 amide bonds. The number of nitrogens with zero attached hydrogens (tertiary/aromatic N) is 4. The molecule has 9 rings (SSSR count).